The monoisotopic (exact) mass is 389 g/mol. The fraction of sp³-hybridized carbons (Fsp3) is 0.667. The summed E-state index contributed by atoms with van der Waals surface area (Å²) in [4.78, 5) is 27.8. The molecule has 0 aliphatic carbocycles. The van der Waals surface area contributed by atoms with Crippen LogP contribution in [0.25, 0.3) is 0 Å². The highest BCUT2D eigenvalue weighted by Crippen LogP contribution is 2.30. The molecular formula is C15H23N3O5S2. The zero-order valence-electron chi connectivity index (χ0n) is 14.6. The van der Waals surface area contributed by atoms with E-state index in [1.54, 1.807) is 11.8 Å². The highest BCUT2D eigenvalue weighted by atomic mass is 32.2. The highest BCUT2D eigenvalue weighted by molar-refractivity contribution is 7.91. The number of amides is 1. The summed E-state index contributed by atoms with van der Waals surface area (Å²) in [5, 5.41) is 11.0. The Labute approximate surface area is 151 Å². The molecule has 0 bridgehead atoms. The van der Waals surface area contributed by atoms with Crippen LogP contribution in [-0.2, 0) is 9.84 Å². The van der Waals surface area contributed by atoms with Gasteiger partial charge in [0.05, 0.1) is 26.2 Å². The molecule has 2 rings (SSSR count). The fourth-order valence-corrected chi connectivity index (χ4v) is 5.60. The number of nitro groups is 1. The average Bonchev–Trinajstić information content (AvgIpc) is 3.05. The van der Waals surface area contributed by atoms with Gasteiger partial charge in [0.2, 0.25) is 0 Å². The molecule has 1 unspecified atom stereocenters. The highest BCUT2D eigenvalue weighted by Gasteiger charge is 2.35. The summed E-state index contributed by atoms with van der Waals surface area (Å²) in [6.45, 7) is 2.81. The topological polar surface area (TPSA) is 101 Å². The summed E-state index contributed by atoms with van der Waals surface area (Å²) in [6, 6.07) is 0.936. The van der Waals surface area contributed by atoms with Crippen LogP contribution in [-0.4, -0.2) is 73.8 Å². The van der Waals surface area contributed by atoms with Gasteiger partial charge < -0.3 is 9.80 Å². The second kappa shape index (κ2) is 7.79. The first-order valence-electron chi connectivity index (χ1n) is 8.01. The molecule has 0 N–H and O–H groups in total. The lowest BCUT2D eigenvalue weighted by Gasteiger charge is -2.28. The van der Waals surface area contributed by atoms with E-state index in [4.69, 9.17) is 0 Å². The van der Waals surface area contributed by atoms with Crippen molar-refractivity contribution in [3.63, 3.8) is 0 Å². The number of hydrogen-bond acceptors (Lipinski definition) is 7. The Morgan fingerprint density at radius 2 is 2.08 bits per heavy atom. The van der Waals surface area contributed by atoms with E-state index in [-0.39, 0.29) is 29.1 Å². The van der Waals surface area contributed by atoms with E-state index in [1.165, 1.54) is 6.07 Å². The molecule has 1 aromatic heterocycles. The van der Waals surface area contributed by atoms with E-state index >= 15 is 0 Å². The van der Waals surface area contributed by atoms with Crippen molar-refractivity contribution >= 4 is 32.8 Å². The van der Waals surface area contributed by atoms with Crippen molar-refractivity contribution in [3.8, 4) is 0 Å². The number of hydrogen-bond donors (Lipinski definition) is 0. The number of carbonyl (C=O) groups is 1. The molecular weight excluding hydrogens is 366 g/mol. The van der Waals surface area contributed by atoms with Crippen LogP contribution in [0.5, 0.6) is 0 Å². The van der Waals surface area contributed by atoms with Gasteiger partial charge in [-0.15, -0.1) is 11.3 Å². The van der Waals surface area contributed by atoms with Gasteiger partial charge in [0.25, 0.3) is 11.6 Å². The first-order valence-corrected chi connectivity index (χ1v) is 10.7. The van der Waals surface area contributed by atoms with E-state index in [9.17, 15) is 23.3 Å². The molecule has 25 heavy (non-hydrogen) atoms. The molecule has 1 aromatic rings. The van der Waals surface area contributed by atoms with Gasteiger partial charge in [-0.2, -0.15) is 0 Å². The SMILES string of the molecule is Cc1sc(C(=O)N(CCCN(C)C)C2CCS(=O)(=O)C2)cc1[N+](=O)[O-]. The van der Waals surface area contributed by atoms with E-state index in [2.05, 4.69) is 0 Å². The summed E-state index contributed by atoms with van der Waals surface area (Å²) in [5.41, 5.74) is -0.0689. The minimum absolute atomic E-state index is 0.0346. The molecule has 1 aliphatic rings. The Bertz CT molecular complexity index is 757. The molecule has 1 amide bonds. The van der Waals surface area contributed by atoms with Crippen LogP contribution in [0.4, 0.5) is 5.69 Å². The minimum Gasteiger partial charge on any atom is -0.334 e. The maximum atomic E-state index is 12.9. The molecule has 10 heteroatoms. The van der Waals surface area contributed by atoms with Crippen molar-refractivity contribution < 1.29 is 18.1 Å². The third kappa shape index (κ3) is 4.99. The lowest BCUT2D eigenvalue weighted by Crippen LogP contribution is -2.42. The average molecular weight is 389 g/mol. The van der Waals surface area contributed by atoms with Gasteiger partial charge in [0.15, 0.2) is 9.84 Å². The van der Waals surface area contributed by atoms with E-state index in [1.807, 2.05) is 19.0 Å². The first kappa shape index (κ1) is 19.8. The molecule has 0 spiro atoms. The smallest absolute Gasteiger partial charge is 0.283 e. The Morgan fingerprint density at radius 3 is 2.56 bits per heavy atom. The molecule has 0 saturated carbocycles. The van der Waals surface area contributed by atoms with Crippen molar-refractivity contribution in [3.05, 3.63) is 25.9 Å². The number of aryl methyl sites for hydroxylation is 1. The fourth-order valence-electron chi connectivity index (χ4n) is 2.93. The molecule has 1 saturated heterocycles. The summed E-state index contributed by atoms with van der Waals surface area (Å²) >= 11 is 1.08. The van der Waals surface area contributed by atoms with Gasteiger partial charge in [-0.05, 0) is 40.4 Å². The van der Waals surface area contributed by atoms with Crippen LogP contribution in [0, 0.1) is 17.0 Å². The molecule has 0 radical (unpaired) electrons. The lowest BCUT2D eigenvalue weighted by atomic mass is 10.2. The lowest BCUT2D eigenvalue weighted by molar-refractivity contribution is -0.385. The normalized spacial score (nSPS) is 19.3. The van der Waals surface area contributed by atoms with Crippen LogP contribution in [0.15, 0.2) is 6.07 Å². The van der Waals surface area contributed by atoms with Gasteiger partial charge in [0, 0.05) is 18.7 Å². The number of sulfone groups is 1. The standard InChI is InChI=1S/C15H23N3O5S2/c1-11-13(18(20)21)9-14(24-11)15(19)17(7-4-6-16(2)3)12-5-8-25(22,23)10-12/h9,12H,4-8,10H2,1-3H3. The zero-order valence-corrected chi connectivity index (χ0v) is 16.2. The summed E-state index contributed by atoms with van der Waals surface area (Å²) in [6.07, 6.45) is 1.13. The molecule has 0 aromatic carbocycles. The summed E-state index contributed by atoms with van der Waals surface area (Å²) < 4.78 is 23.6. The van der Waals surface area contributed by atoms with Gasteiger partial charge in [-0.1, -0.05) is 0 Å². The van der Waals surface area contributed by atoms with Crippen LogP contribution in [0.1, 0.15) is 27.4 Å². The number of thiophene rings is 1. The van der Waals surface area contributed by atoms with Crippen molar-refractivity contribution in [1.82, 2.24) is 9.80 Å². The number of rotatable bonds is 7. The van der Waals surface area contributed by atoms with Crippen LogP contribution >= 0.6 is 11.3 Å². The van der Waals surface area contributed by atoms with Crippen molar-refractivity contribution in [2.24, 2.45) is 0 Å². The molecule has 2 heterocycles. The Morgan fingerprint density at radius 1 is 1.40 bits per heavy atom. The Hall–Kier alpha value is -1.52. The zero-order chi connectivity index (χ0) is 18.8. The molecule has 1 fully saturated rings. The molecule has 1 aliphatic heterocycles. The van der Waals surface area contributed by atoms with Crippen LogP contribution in [0.3, 0.4) is 0 Å². The van der Waals surface area contributed by atoms with Crippen molar-refractivity contribution in [2.45, 2.75) is 25.8 Å². The van der Waals surface area contributed by atoms with Crippen LogP contribution in [0.2, 0.25) is 0 Å². The number of nitrogens with zero attached hydrogens (tertiary/aromatic N) is 3. The van der Waals surface area contributed by atoms with E-state index < -0.39 is 14.8 Å². The Balaban J connectivity index is 2.22. The maximum absolute atomic E-state index is 12.9. The van der Waals surface area contributed by atoms with Crippen molar-refractivity contribution in [2.75, 3.05) is 38.7 Å². The van der Waals surface area contributed by atoms with Crippen LogP contribution < -0.4 is 0 Å². The third-order valence-corrected chi connectivity index (χ3v) is 6.99. The predicted octanol–water partition coefficient (Wildman–Crippen LogP) is 1.55. The number of carbonyl (C=O) groups excluding carboxylic acids is 1. The summed E-state index contributed by atoms with van der Waals surface area (Å²) in [7, 11) is 0.734. The molecule has 140 valence electrons. The molecule has 1 atom stereocenters. The second-order valence-corrected chi connectivity index (χ2v) is 10.0. The van der Waals surface area contributed by atoms with Crippen molar-refractivity contribution in [1.29, 1.82) is 0 Å². The van der Waals surface area contributed by atoms with Gasteiger partial charge in [-0.25, -0.2) is 8.42 Å². The van der Waals surface area contributed by atoms with Gasteiger partial charge in [0.1, 0.15) is 0 Å². The molecule has 8 nitrogen and oxygen atoms in total. The van der Waals surface area contributed by atoms with E-state index in [0.717, 1.165) is 17.9 Å². The third-order valence-electron chi connectivity index (χ3n) is 4.21. The van der Waals surface area contributed by atoms with Gasteiger partial charge >= 0.3 is 0 Å². The quantitative estimate of drug-likeness (QED) is 0.518. The minimum atomic E-state index is -3.12. The predicted molar refractivity (Wildman–Crippen MR) is 97.0 cm³/mol. The van der Waals surface area contributed by atoms with Gasteiger partial charge in [-0.3, -0.25) is 14.9 Å². The Kier molecular flexibility index (Phi) is 6.17. The first-order chi connectivity index (χ1) is 11.6. The maximum Gasteiger partial charge on any atom is 0.283 e. The second-order valence-electron chi connectivity index (χ2n) is 6.52. The summed E-state index contributed by atoms with van der Waals surface area (Å²) in [5.74, 6) is -0.270. The largest absolute Gasteiger partial charge is 0.334 e. The van der Waals surface area contributed by atoms with E-state index in [0.29, 0.717) is 29.1 Å².